The number of fused-ring (bicyclic) bond motifs is 1. The van der Waals surface area contributed by atoms with Crippen LogP contribution in [0.3, 0.4) is 0 Å². The first-order chi connectivity index (χ1) is 13.4. The van der Waals surface area contributed by atoms with Crippen LogP contribution in [-0.4, -0.2) is 53.0 Å². The standard InChI is InChI=1S/C20H26N6O2/c1-20(2,3)26-17-14(13-21-26)18(27)23-19(22-17)25-11-9-24(10-12-25)15-7-5-6-8-16(15)28-4/h5-8,13H,9-12H2,1-4H3,(H,22,23,27). The Bertz CT molecular complexity index is 1040. The van der Waals surface area contributed by atoms with Crippen LogP contribution in [-0.2, 0) is 5.54 Å². The third-order valence-corrected chi connectivity index (χ3v) is 5.07. The monoisotopic (exact) mass is 382 g/mol. The number of hydrogen-bond donors (Lipinski definition) is 1. The highest BCUT2D eigenvalue weighted by Gasteiger charge is 2.24. The summed E-state index contributed by atoms with van der Waals surface area (Å²) >= 11 is 0. The fourth-order valence-corrected chi connectivity index (χ4v) is 3.60. The van der Waals surface area contributed by atoms with Crippen molar-refractivity contribution in [2.45, 2.75) is 26.3 Å². The van der Waals surface area contributed by atoms with Crippen molar-refractivity contribution in [1.82, 2.24) is 19.7 Å². The largest absolute Gasteiger partial charge is 0.495 e. The van der Waals surface area contributed by atoms with Crippen LogP contribution in [0, 0.1) is 0 Å². The minimum atomic E-state index is -0.248. The number of para-hydroxylation sites is 2. The average Bonchev–Trinajstić information content (AvgIpc) is 3.13. The summed E-state index contributed by atoms with van der Waals surface area (Å²) < 4.78 is 7.30. The number of piperazine rings is 1. The van der Waals surface area contributed by atoms with Crippen LogP contribution in [0.15, 0.2) is 35.3 Å². The Morgan fingerprint density at radius 3 is 2.43 bits per heavy atom. The smallest absolute Gasteiger partial charge is 0.263 e. The van der Waals surface area contributed by atoms with Gasteiger partial charge in [-0.05, 0) is 32.9 Å². The number of aromatic amines is 1. The minimum Gasteiger partial charge on any atom is -0.495 e. The van der Waals surface area contributed by atoms with E-state index in [1.807, 2.05) is 43.7 Å². The lowest BCUT2D eigenvalue weighted by atomic mass is 10.1. The minimum absolute atomic E-state index is 0.150. The lowest BCUT2D eigenvalue weighted by Gasteiger charge is -2.36. The van der Waals surface area contributed by atoms with Gasteiger partial charge in [-0.15, -0.1) is 0 Å². The number of nitrogens with zero attached hydrogens (tertiary/aromatic N) is 5. The van der Waals surface area contributed by atoms with E-state index in [1.54, 1.807) is 13.3 Å². The van der Waals surface area contributed by atoms with Gasteiger partial charge in [0, 0.05) is 26.2 Å². The molecule has 0 spiro atoms. The maximum Gasteiger partial charge on any atom is 0.263 e. The van der Waals surface area contributed by atoms with Gasteiger partial charge < -0.3 is 14.5 Å². The van der Waals surface area contributed by atoms with Gasteiger partial charge in [0.2, 0.25) is 5.95 Å². The van der Waals surface area contributed by atoms with Crippen LogP contribution >= 0.6 is 0 Å². The van der Waals surface area contributed by atoms with E-state index in [2.05, 4.69) is 25.9 Å². The molecule has 0 amide bonds. The predicted molar refractivity (Wildman–Crippen MR) is 111 cm³/mol. The third-order valence-electron chi connectivity index (χ3n) is 5.07. The molecular weight excluding hydrogens is 356 g/mol. The number of H-pyrrole nitrogens is 1. The van der Waals surface area contributed by atoms with Crippen molar-refractivity contribution in [3.8, 4) is 5.75 Å². The van der Waals surface area contributed by atoms with Crippen LogP contribution in [0.2, 0.25) is 0 Å². The Morgan fingerprint density at radius 1 is 1.07 bits per heavy atom. The highest BCUT2D eigenvalue weighted by Crippen LogP contribution is 2.29. The third kappa shape index (κ3) is 3.19. The van der Waals surface area contributed by atoms with E-state index in [0.29, 0.717) is 17.0 Å². The highest BCUT2D eigenvalue weighted by atomic mass is 16.5. The van der Waals surface area contributed by atoms with Crippen LogP contribution in [0.1, 0.15) is 20.8 Å². The number of ether oxygens (including phenoxy) is 1. The maximum atomic E-state index is 12.5. The number of benzene rings is 1. The predicted octanol–water partition coefficient (Wildman–Crippen LogP) is 2.21. The molecule has 1 saturated heterocycles. The van der Waals surface area contributed by atoms with Crippen molar-refractivity contribution in [3.63, 3.8) is 0 Å². The fraction of sp³-hybridized carbons (Fsp3) is 0.450. The molecule has 1 N–H and O–H groups in total. The zero-order valence-corrected chi connectivity index (χ0v) is 16.8. The van der Waals surface area contributed by atoms with Crippen LogP contribution in [0.4, 0.5) is 11.6 Å². The molecule has 1 fully saturated rings. The van der Waals surface area contributed by atoms with Gasteiger partial charge in [-0.1, -0.05) is 12.1 Å². The molecule has 3 heterocycles. The average molecular weight is 382 g/mol. The molecule has 1 aliphatic rings. The summed E-state index contributed by atoms with van der Waals surface area (Å²) in [6, 6.07) is 8.04. The zero-order valence-electron chi connectivity index (χ0n) is 16.8. The first kappa shape index (κ1) is 18.3. The van der Waals surface area contributed by atoms with Crippen molar-refractivity contribution in [3.05, 3.63) is 40.8 Å². The van der Waals surface area contributed by atoms with E-state index in [9.17, 15) is 4.79 Å². The Hall–Kier alpha value is -3.03. The quantitative estimate of drug-likeness (QED) is 0.748. The van der Waals surface area contributed by atoms with Gasteiger partial charge in [0.1, 0.15) is 11.1 Å². The number of aromatic nitrogens is 4. The van der Waals surface area contributed by atoms with Crippen LogP contribution in [0.5, 0.6) is 5.75 Å². The van der Waals surface area contributed by atoms with E-state index >= 15 is 0 Å². The summed E-state index contributed by atoms with van der Waals surface area (Å²) in [6.45, 7) is 9.31. The molecule has 0 atom stereocenters. The zero-order chi connectivity index (χ0) is 19.9. The van der Waals surface area contributed by atoms with Crippen LogP contribution in [0.25, 0.3) is 11.0 Å². The molecule has 148 valence electrons. The topological polar surface area (TPSA) is 79.3 Å². The molecule has 4 rings (SSSR count). The molecule has 1 aliphatic heterocycles. The summed E-state index contributed by atoms with van der Waals surface area (Å²) in [5.41, 5.74) is 1.32. The molecule has 8 nitrogen and oxygen atoms in total. The van der Waals surface area contributed by atoms with Crippen molar-refractivity contribution >= 4 is 22.7 Å². The van der Waals surface area contributed by atoms with E-state index in [1.165, 1.54) is 0 Å². The van der Waals surface area contributed by atoms with Gasteiger partial charge in [0.15, 0.2) is 5.65 Å². The second kappa shape index (κ2) is 6.85. The van der Waals surface area contributed by atoms with Crippen molar-refractivity contribution in [2.24, 2.45) is 0 Å². The molecule has 0 radical (unpaired) electrons. The van der Waals surface area contributed by atoms with Gasteiger partial charge in [-0.2, -0.15) is 10.1 Å². The molecule has 0 bridgehead atoms. The summed E-state index contributed by atoms with van der Waals surface area (Å²) in [4.78, 5) is 24.6. The van der Waals surface area contributed by atoms with Crippen LogP contribution < -0.4 is 20.1 Å². The van der Waals surface area contributed by atoms with Crippen molar-refractivity contribution in [1.29, 1.82) is 0 Å². The van der Waals surface area contributed by atoms with E-state index in [0.717, 1.165) is 37.6 Å². The number of rotatable bonds is 3. The molecule has 2 aromatic heterocycles. The Labute approximate surface area is 163 Å². The molecule has 3 aromatic rings. The Kier molecular flexibility index (Phi) is 4.49. The van der Waals surface area contributed by atoms with Gasteiger partial charge in [0.25, 0.3) is 5.56 Å². The second-order valence-electron chi connectivity index (χ2n) is 8.00. The number of methoxy groups -OCH3 is 1. The SMILES string of the molecule is COc1ccccc1N1CCN(c2nc3c(cnn3C(C)(C)C)c(=O)[nH]2)CC1. The molecule has 0 aliphatic carbocycles. The Morgan fingerprint density at radius 2 is 1.75 bits per heavy atom. The lowest BCUT2D eigenvalue weighted by molar-refractivity contribution is 0.366. The fourth-order valence-electron chi connectivity index (χ4n) is 3.60. The molecule has 28 heavy (non-hydrogen) atoms. The van der Waals surface area contributed by atoms with Crippen molar-refractivity contribution < 1.29 is 4.74 Å². The van der Waals surface area contributed by atoms with Crippen molar-refractivity contribution in [2.75, 3.05) is 43.1 Å². The Balaban J connectivity index is 1.60. The van der Waals surface area contributed by atoms with Gasteiger partial charge in [-0.25, -0.2) is 4.68 Å². The molecule has 8 heteroatoms. The number of anilines is 2. The maximum absolute atomic E-state index is 12.5. The summed E-state index contributed by atoms with van der Waals surface area (Å²) in [6.07, 6.45) is 1.59. The molecule has 0 unspecified atom stereocenters. The summed E-state index contributed by atoms with van der Waals surface area (Å²) in [7, 11) is 1.69. The van der Waals surface area contributed by atoms with Gasteiger partial charge >= 0.3 is 0 Å². The highest BCUT2D eigenvalue weighted by molar-refractivity contribution is 5.75. The van der Waals surface area contributed by atoms with E-state index in [4.69, 9.17) is 9.72 Å². The number of nitrogens with one attached hydrogen (secondary N) is 1. The van der Waals surface area contributed by atoms with E-state index < -0.39 is 0 Å². The molecule has 0 saturated carbocycles. The summed E-state index contributed by atoms with van der Waals surface area (Å²) in [5.74, 6) is 1.47. The first-order valence-electron chi connectivity index (χ1n) is 9.50. The normalized spacial score (nSPS) is 15.3. The van der Waals surface area contributed by atoms with Gasteiger partial charge in [0.05, 0.1) is 24.5 Å². The lowest BCUT2D eigenvalue weighted by Crippen LogP contribution is -2.47. The van der Waals surface area contributed by atoms with E-state index in [-0.39, 0.29) is 11.1 Å². The first-order valence-corrected chi connectivity index (χ1v) is 9.50. The number of hydrogen-bond acceptors (Lipinski definition) is 6. The summed E-state index contributed by atoms with van der Waals surface area (Å²) in [5, 5.41) is 4.90. The molecular formula is C20H26N6O2. The second-order valence-corrected chi connectivity index (χ2v) is 8.00. The molecule has 1 aromatic carbocycles. The van der Waals surface area contributed by atoms with Gasteiger partial charge in [-0.3, -0.25) is 9.78 Å².